The van der Waals surface area contributed by atoms with Gasteiger partial charge in [-0.15, -0.1) is 0 Å². The summed E-state index contributed by atoms with van der Waals surface area (Å²) < 4.78 is 4.98. The molecule has 0 unspecified atom stereocenters. The van der Waals surface area contributed by atoms with E-state index in [1.807, 2.05) is 4.90 Å². The third-order valence-corrected chi connectivity index (χ3v) is 2.35. The Bertz CT molecular complexity index is 383. The zero-order chi connectivity index (χ0) is 11.4. The molecule has 0 saturated carbocycles. The normalized spacial score (nSPS) is 14.6. The van der Waals surface area contributed by atoms with Crippen LogP contribution in [-0.2, 0) is 9.53 Å². The number of anilines is 2. The first kappa shape index (κ1) is 10.8. The maximum Gasteiger partial charge on any atom is 0.245 e. The van der Waals surface area contributed by atoms with Gasteiger partial charge in [0.1, 0.15) is 0 Å². The lowest BCUT2D eigenvalue weighted by molar-refractivity contribution is -0.115. The second-order valence-corrected chi connectivity index (χ2v) is 3.54. The number of carbonyl (C=O) groups excluding carboxylic acids is 1. The molecule has 0 aromatic carbocycles. The highest BCUT2D eigenvalue weighted by Gasteiger charge is 2.23. The Balaban J connectivity index is 2.10. The van der Waals surface area contributed by atoms with Crippen LogP contribution in [0, 0.1) is 0 Å². The van der Waals surface area contributed by atoms with Crippen LogP contribution in [0.25, 0.3) is 0 Å². The number of aromatic nitrogens is 2. The highest BCUT2D eigenvalue weighted by atomic mass is 16.5. The van der Waals surface area contributed by atoms with Crippen molar-refractivity contribution in [2.45, 2.75) is 6.42 Å². The lowest BCUT2D eigenvalue weighted by Gasteiger charge is -2.28. The lowest BCUT2D eigenvalue weighted by Crippen LogP contribution is -2.40. The van der Waals surface area contributed by atoms with Crippen LogP contribution in [0.5, 0.6) is 0 Å². The van der Waals surface area contributed by atoms with Crippen molar-refractivity contribution < 1.29 is 9.53 Å². The monoisotopic (exact) mass is 222 g/mol. The van der Waals surface area contributed by atoms with Crippen molar-refractivity contribution in [2.75, 3.05) is 37.0 Å². The Kier molecular flexibility index (Phi) is 3.31. The van der Waals surface area contributed by atoms with Crippen LogP contribution in [0.1, 0.15) is 6.42 Å². The van der Waals surface area contributed by atoms with Crippen molar-refractivity contribution in [3.63, 3.8) is 0 Å². The van der Waals surface area contributed by atoms with Crippen molar-refractivity contribution in [3.05, 3.63) is 12.4 Å². The molecule has 0 aliphatic carbocycles. The fourth-order valence-corrected chi connectivity index (χ4v) is 1.65. The Morgan fingerprint density at radius 2 is 2.31 bits per heavy atom. The molecule has 0 atom stereocenters. The Morgan fingerprint density at radius 1 is 1.50 bits per heavy atom. The van der Waals surface area contributed by atoms with Crippen molar-refractivity contribution in [1.29, 1.82) is 0 Å². The van der Waals surface area contributed by atoms with E-state index in [0.29, 0.717) is 19.0 Å². The molecule has 16 heavy (non-hydrogen) atoms. The second kappa shape index (κ2) is 4.89. The van der Waals surface area contributed by atoms with E-state index in [1.165, 1.54) is 0 Å². The minimum Gasteiger partial charge on any atom is -0.385 e. The van der Waals surface area contributed by atoms with Crippen LogP contribution in [0.3, 0.4) is 0 Å². The molecule has 1 amide bonds. The predicted octanol–water partition coefficient (Wildman–Crippen LogP) is 0.272. The molecule has 1 N–H and O–H groups in total. The fourth-order valence-electron chi connectivity index (χ4n) is 1.65. The summed E-state index contributed by atoms with van der Waals surface area (Å²) >= 11 is 0. The molecule has 1 aromatic heterocycles. The van der Waals surface area contributed by atoms with E-state index < -0.39 is 0 Å². The van der Waals surface area contributed by atoms with E-state index in [1.54, 1.807) is 19.5 Å². The van der Waals surface area contributed by atoms with Crippen molar-refractivity contribution in [2.24, 2.45) is 0 Å². The number of fused-ring (bicyclic) bond motifs is 1. The van der Waals surface area contributed by atoms with Crippen LogP contribution in [0.2, 0.25) is 0 Å². The number of amides is 1. The van der Waals surface area contributed by atoms with Crippen molar-refractivity contribution in [1.82, 2.24) is 9.97 Å². The third-order valence-electron chi connectivity index (χ3n) is 2.35. The van der Waals surface area contributed by atoms with E-state index in [4.69, 9.17) is 4.74 Å². The summed E-state index contributed by atoms with van der Waals surface area (Å²) in [5.74, 6) is 1.22. The van der Waals surface area contributed by atoms with Gasteiger partial charge in [0.15, 0.2) is 11.6 Å². The molecule has 1 aliphatic heterocycles. The Hall–Kier alpha value is -1.69. The molecular formula is C10H14N4O2. The minimum absolute atomic E-state index is 0.0505. The van der Waals surface area contributed by atoms with Gasteiger partial charge in [0, 0.05) is 32.7 Å². The van der Waals surface area contributed by atoms with Crippen LogP contribution in [0.15, 0.2) is 12.4 Å². The summed E-state index contributed by atoms with van der Waals surface area (Å²) in [6.45, 7) is 1.75. The Labute approximate surface area is 93.6 Å². The molecule has 6 heteroatoms. The average Bonchev–Trinajstić information content (AvgIpc) is 2.29. The number of methoxy groups -OCH3 is 1. The lowest BCUT2D eigenvalue weighted by atomic mass is 10.3. The number of hydrogen-bond acceptors (Lipinski definition) is 5. The van der Waals surface area contributed by atoms with Crippen molar-refractivity contribution in [3.8, 4) is 0 Å². The summed E-state index contributed by atoms with van der Waals surface area (Å²) in [4.78, 5) is 21.6. The number of nitrogens with one attached hydrogen (secondary N) is 1. The SMILES string of the molecule is COCCCN1CC(=O)Nc2nccnc21. The number of ether oxygens (including phenoxy) is 1. The van der Waals surface area contributed by atoms with Gasteiger partial charge >= 0.3 is 0 Å². The standard InChI is InChI=1S/C10H14N4O2/c1-16-6-2-5-14-7-8(15)13-9-10(14)12-4-3-11-9/h3-4H,2,5-7H2,1H3,(H,11,13,15). The van der Waals surface area contributed by atoms with E-state index >= 15 is 0 Å². The quantitative estimate of drug-likeness (QED) is 0.741. The number of rotatable bonds is 4. The van der Waals surface area contributed by atoms with E-state index in [0.717, 1.165) is 18.8 Å². The molecule has 86 valence electrons. The third kappa shape index (κ3) is 2.27. The Morgan fingerprint density at radius 3 is 3.12 bits per heavy atom. The topological polar surface area (TPSA) is 67.3 Å². The fraction of sp³-hybridized carbons (Fsp3) is 0.500. The predicted molar refractivity (Wildman–Crippen MR) is 59.4 cm³/mol. The van der Waals surface area contributed by atoms with Gasteiger partial charge in [0.05, 0.1) is 6.54 Å². The van der Waals surface area contributed by atoms with Gasteiger partial charge in [-0.2, -0.15) is 0 Å². The van der Waals surface area contributed by atoms with Gasteiger partial charge in [0.2, 0.25) is 5.91 Å². The van der Waals surface area contributed by atoms with Gasteiger partial charge in [0.25, 0.3) is 0 Å². The maximum atomic E-state index is 11.4. The molecule has 6 nitrogen and oxygen atoms in total. The van der Waals surface area contributed by atoms with E-state index in [-0.39, 0.29) is 5.91 Å². The van der Waals surface area contributed by atoms with E-state index in [9.17, 15) is 4.79 Å². The first-order chi connectivity index (χ1) is 7.81. The highest BCUT2D eigenvalue weighted by molar-refractivity contribution is 5.98. The maximum absolute atomic E-state index is 11.4. The summed E-state index contributed by atoms with van der Waals surface area (Å²) in [5, 5.41) is 2.69. The molecule has 1 aromatic rings. The molecule has 0 bridgehead atoms. The smallest absolute Gasteiger partial charge is 0.245 e. The summed E-state index contributed by atoms with van der Waals surface area (Å²) in [7, 11) is 1.66. The summed E-state index contributed by atoms with van der Waals surface area (Å²) in [6, 6.07) is 0. The van der Waals surface area contributed by atoms with Gasteiger partial charge in [-0.3, -0.25) is 4.79 Å². The molecule has 0 saturated heterocycles. The first-order valence-corrected chi connectivity index (χ1v) is 5.16. The van der Waals surface area contributed by atoms with Gasteiger partial charge in [-0.05, 0) is 6.42 Å². The zero-order valence-electron chi connectivity index (χ0n) is 9.14. The van der Waals surface area contributed by atoms with Gasteiger partial charge in [-0.1, -0.05) is 0 Å². The van der Waals surface area contributed by atoms with E-state index in [2.05, 4.69) is 15.3 Å². The molecule has 1 aliphatic rings. The number of nitrogens with zero attached hydrogens (tertiary/aromatic N) is 3. The first-order valence-electron chi connectivity index (χ1n) is 5.16. The van der Waals surface area contributed by atoms with Gasteiger partial charge in [-0.25, -0.2) is 9.97 Å². The summed E-state index contributed by atoms with van der Waals surface area (Å²) in [5.41, 5.74) is 0. The second-order valence-electron chi connectivity index (χ2n) is 3.54. The van der Waals surface area contributed by atoms with Crippen LogP contribution in [0.4, 0.5) is 11.6 Å². The minimum atomic E-state index is -0.0505. The van der Waals surface area contributed by atoms with Crippen LogP contribution < -0.4 is 10.2 Å². The molecule has 0 fully saturated rings. The number of hydrogen-bond donors (Lipinski definition) is 1. The molecule has 0 radical (unpaired) electrons. The average molecular weight is 222 g/mol. The van der Waals surface area contributed by atoms with Crippen LogP contribution >= 0.6 is 0 Å². The van der Waals surface area contributed by atoms with Crippen molar-refractivity contribution >= 4 is 17.5 Å². The highest BCUT2D eigenvalue weighted by Crippen LogP contribution is 2.23. The largest absolute Gasteiger partial charge is 0.385 e. The molecular weight excluding hydrogens is 208 g/mol. The molecule has 2 rings (SSSR count). The molecule has 2 heterocycles. The number of carbonyl (C=O) groups is 1. The van der Waals surface area contributed by atoms with Gasteiger partial charge < -0.3 is 15.0 Å². The van der Waals surface area contributed by atoms with Crippen LogP contribution in [-0.4, -0.2) is 42.7 Å². The zero-order valence-corrected chi connectivity index (χ0v) is 9.14. The summed E-state index contributed by atoms with van der Waals surface area (Å²) in [6.07, 6.45) is 4.05. The molecule has 0 spiro atoms.